The minimum absolute atomic E-state index is 0.0836. The lowest BCUT2D eigenvalue weighted by atomic mass is 9.92. The number of anilines is 1. The fourth-order valence-electron chi connectivity index (χ4n) is 2.31. The van der Waals surface area contributed by atoms with Crippen LogP contribution in [0.25, 0.3) is 0 Å². The van der Waals surface area contributed by atoms with Crippen LogP contribution in [0.3, 0.4) is 0 Å². The molecule has 6 nitrogen and oxygen atoms in total. The zero-order valence-corrected chi connectivity index (χ0v) is 11.7. The second kappa shape index (κ2) is 6.91. The van der Waals surface area contributed by atoms with Crippen molar-refractivity contribution in [3.05, 3.63) is 12.4 Å². The number of aromatic nitrogens is 2. The molecule has 1 aliphatic rings. The van der Waals surface area contributed by atoms with Gasteiger partial charge in [-0.05, 0) is 12.8 Å². The molecule has 122 valence electrons. The molecule has 0 amide bonds. The van der Waals surface area contributed by atoms with Gasteiger partial charge in [-0.2, -0.15) is 18.2 Å². The summed E-state index contributed by atoms with van der Waals surface area (Å²) in [6, 6.07) is 0. The summed E-state index contributed by atoms with van der Waals surface area (Å²) in [6.07, 6.45) is -1.65. The van der Waals surface area contributed by atoms with E-state index in [9.17, 15) is 18.0 Å². The summed E-state index contributed by atoms with van der Waals surface area (Å²) in [4.78, 5) is 21.1. The molecule has 9 heteroatoms. The number of alkyl halides is 3. The summed E-state index contributed by atoms with van der Waals surface area (Å²) >= 11 is 0. The molecule has 22 heavy (non-hydrogen) atoms. The normalized spacial score (nSPS) is 16.6. The van der Waals surface area contributed by atoms with Crippen LogP contribution in [0.4, 0.5) is 19.0 Å². The average Bonchev–Trinajstić information content (AvgIpc) is 2.52. The molecular formula is C13H16F3N3O3. The van der Waals surface area contributed by atoms with E-state index in [1.165, 1.54) is 12.4 Å². The van der Waals surface area contributed by atoms with Crippen LogP contribution in [-0.4, -0.2) is 53.3 Å². The van der Waals surface area contributed by atoms with Crippen LogP contribution in [0.1, 0.15) is 12.8 Å². The molecule has 0 atom stereocenters. The predicted octanol–water partition coefficient (Wildman–Crippen LogP) is 1.20. The van der Waals surface area contributed by atoms with Crippen molar-refractivity contribution >= 4 is 11.6 Å². The van der Waals surface area contributed by atoms with Crippen molar-refractivity contribution < 1.29 is 27.8 Å². The minimum Gasteiger partial charge on any atom is -0.474 e. The Balaban J connectivity index is 1.95. The smallest absolute Gasteiger partial charge is 0.450 e. The molecule has 0 saturated carbocycles. The SMILES string of the molecule is O=C(C1CCN(c2cncc(OCCO)n2)CC1)C(F)(F)F. The van der Waals surface area contributed by atoms with E-state index in [1.54, 1.807) is 4.90 Å². The number of Topliss-reactive ketones (excluding diaryl/α,β-unsaturated/α-hetero) is 1. The number of ether oxygens (including phenoxy) is 1. The lowest BCUT2D eigenvalue weighted by Gasteiger charge is -2.32. The predicted molar refractivity (Wildman–Crippen MR) is 70.6 cm³/mol. The highest BCUT2D eigenvalue weighted by Gasteiger charge is 2.44. The van der Waals surface area contributed by atoms with E-state index >= 15 is 0 Å². The van der Waals surface area contributed by atoms with E-state index in [0.29, 0.717) is 18.9 Å². The zero-order valence-electron chi connectivity index (χ0n) is 11.7. The van der Waals surface area contributed by atoms with Crippen molar-refractivity contribution in [3.63, 3.8) is 0 Å². The van der Waals surface area contributed by atoms with Gasteiger partial charge in [0, 0.05) is 19.0 Å². The van der Waals surface area contributed by atoms with Crippen LogP contribution >= 0.6 is 0 Å². The van der Waals surface area contributed by atoms with Gasteiger partial charge in [0.2, 0.25) is 11.7 Å². The fraction of sp³-hybridized carbons (Fsp3) is 0.615. The van der Waals surface area contributed by atoms with Crippen molar-refractivity contribution in [2.75, 3.05) is 31.2 Å². The molecule has 0 unspecified atom stereocenters. The van der Waals surface area contributed by atoms with Gasteiger partial charge < -0.3 is 14.7 Å². The number of hydrogen-bond acceptors (Lipinski definition) is 6. The first-order valence-corrected chi connectivity index (χ1v) is 6.83. The van der Waals surface area contributed by atoms with E-state index in [4.69, 9.17) is 9.84 Å². The second-order valence-corrected chi connectivity index (χ2v) is 4.91. The number of aliphatic hydroxyl groups excluding tert-OH is 1. The number of ketones is 1. The molecular weight excluding hydrogens is 303 g/mol. The maximum atomic E-state index is 12.4. The van der Waals surface area contributed by atoms with E-state index in [2.05, 4.69) is 9.97 Å². The van der Waals surface area contributed by atoms with Crippen molar-refractivity contribution in [2.45, 2.75) is 19.0 Å². The Labute approximate surface area is 124 Å². The molecule has 1 saturated heterocycles. The molecule has 0 aliphatic carbocycles. The highest BCUT2D eigenvalue weighted by Crippen LogP contribution is 2.29. The van der Waals surface area contributed by atoms with Crippen LogP contribution in [0.15, 0.2) is 12.4 Å². The molecule has 1 aromatic heterocycles. The number of halogens is 3. The first-order chi connectivity index (χ1) is 10.4. The number of hydrogen-bond donors (Lipinski definition) is 1. The van der Waals surface area contributed by atoms with Crippen molar-refractivity contribution in [1.29, 1.82) is 0 Å². The summed E-state index contributed by atoms with van der Waals surface area (Å²) in [5.41, 5.74) is 0. The van der Waals surface area contributed by atoms with Gasteiger partial charge in [-0.15, -0.1) is 0 Å². The number of aliphatic hydroxyl groups is 1. The topological polar surface area (TPSA) is 75.6 Å². The Hall–Kier alpha value is -1.90. The van der Waals surface area contributed by atoms with Crippen molar-refractivity contribution in [1.82, 2.24) is 9.97 Å². The molecule has 2 heterocycles. The molecule has 2 rings (SSSR count). The Bertz CT molecular complexity index is 517. The number of rotatable bonds is 5. The Morgan fingerprint density at radius 1 is 1.36 bits per heavy atom. The molecule has 0 bridgehead atoms. The summed E-state index contributed by atoms with van der Waals surface area (Å²) in [5.74, 6) is -1.93. The number of nitrogens with zero attached hydrogens (tertiary/aromatic N) is 3. The van der Waals surface area contributed by atoms with Gasteiger partial charge in [-0.3, -0.25) is 9.78 Å². The van der Waals surface area contributed by atoms with Crippen molar-refractivity contribution in [2.24, 2.45) is 5.92 Å². The van der Waals surface area contributed by atoms with Crippen LogP contribution in [0, 0.1) is 5.92 Å². The average molecular weight is 319 g/mol. The first kappa shape index (κ1) is 16.5. The molecule has 1 aliphatic heterocycles. The zero-order chi connectivity index (χ0) is 16.2. The van der Waals surface area contributed by atoms with Crippen LogP contribution in [0.2, 0.25) is 0 Å². The van der Waals surface area contributed by atoms with Gasteiger partial charge in [0.05, 0.1) is 19.0 Å². The van der Waals surface area contributed by atoms with Crippen LogP contribution < -0.4 is 9.64 Å². The van der Waals surface area contributed by atoms with Gasteiger partial charge in [0.25, 0.3) is 0 Å². The van der Waals surface area contributed by atoms with E-state index < -0.39 is 17.9 Å². The second-order valence-electron chi connectivity index (χ2n) is 4.91. The highest BCUT2D eigenvalue weighted by atomic mass is 19.4. The molecule has 0 spiro atoms. The quantitative estimate of drug-likeness (QED) is 0.879. The molecule has 0 radical (unpaired) electrons. The monoisotopic (exact) mass is 319 g/mol. The van der Waals surface area contributed by atoms with Gasteiger partial charge in [-0.1, -0.05) is 0 Å². The number of piperidine rings is 1. The largest absolute Gasteiger partial charge is 0.474 e. The number of carbonyl (C=O) groups excluding carboxylic acids is 1. The maximum Gasteiger partial charge on any atom is 0.450 e. The molecule has 1 aromatic rings. The Morgan fingerprint density at radius 3 is 2.64 bits per heavy atom. The third-order valence-corrected chi connectivity index (χ3v) is 3.41. The highest BCUT2D eigenvalue weighted by molar-refractivity contribution is 5.86. The number of carbonyl (C=O) groups is 1. The van der Waals surface area contributed by atoms with Gasteiger partial charge >= 0.3 is 6.18 Å². The summed E-state index contributed by atoms with van der Waals surface area (Å²) in [5, 5.41) is 8.69. The Morgan fingerprint density at radius 2 is 2.05 bits per heavy atom. The van der Waals surface area contributed by atoms with Gasteiger partial charge in [0.1, 0.15) is 6.61 Å². The van der Waals surface area contributed by atoms with Gasteiger partial charge in [-0.25, -0.2) is 0 Å². The maximum absolute atomic E-state index is 12.4. The van der Waals surface area contributed by atoms with Crippen LogP contribution in [0.5, 0.6) is 5.88 Å². The first-order valence-electron chi connectivity index (χ1n) is 6.83. The summed E-state index contributed by atoms with van der Waals surface area (Å²) in [6.45, 7) is 0.520. The third-order valence-electron chi connectivity index (χ3n) is 3.41. The van der Waals surface area contributed by atoms with E-state index in [-0.39, 0.29) is 31.9 Å². The minimum atomic E-state index is -4.77. The summed E-state index contributed by atoms with van der Waals surface area (Å²) in [7, 11) is 0. The summed E-state index contributed by atoms with van der Waals surface area (Å²) < 4.78 is 42.3. The Kier molecular flexibility index (Phi) is 5.17. The fourth-order valence-corrected chi connectivity index (χ4v) is 2.31. The molecule has 1 fully saturated rings. The van der Waals surface area contributed by atoms with E-state index in [0.717, 1.165) is 0 Å². The standard InChI is InChI=1S/C13H16F3N3O3/c14-13(15,16)12(21)9-1-3-19(4-2-9)10-7-17-8-11(18-10)22-6-5-20/h7-9,20H,1-6H2. The third kappa shape index (κ3) is 4.06. The van der Waals surface area contributed by atoms with E-state index in [1.807, 2.05) is 0 Å². The van der Waals surface area contributed by atoms with Crippen LogP contribution in [-0.2, 0) is 4.79 Å². The lowest BCUT2D eigenvalue weighted by Crippen LogP contribution is -2.40. The molecule has 1 N–H and O–H groups in total. The van der Waals surface area contributed by atoms with Crippen molar-refractivity contribution in [3.8, 4) is 5.88 Å². The molecule has 0 aromatic carbocycles. The van der Waals surface area contributed by atoms with Gasteiger partial charge in [0.15, 0.2) is 5.82 Å². The lowest BCUT2D eigenvalue weighted by molar-refractivity contribution is -0.176.